The molecular weight excluding hydrogens is 208 g/mol. The van der Waals surface area contributed by atoms with Gasteiger partial charge in [0.1, 0.15) is 0 Å². The number of ether oxygens (including phenoxy) is 1. The standard InChI is InChI=1S/C11H20N2O3/c1-4-16-10(15)8(12)9(14)13-7-5-6-11(13,2)3/h8H,4-7,12H2,1-3H3. The summed E-state index contributed by atoms with van der Waals surface area (Å²) >= 11 is 0. The van der Waals surface area contributed by atoms with Gasteiger partial charge in [0.2, 0.25) is 0 Å². The first kappa shape index (κ1) is 13.0. The lowest BCUT2D eigenvalue weighted by atomic mass is 10.0. The summed E-state index contributed by atoms with van der Waals surface area (Å²) in [6.07, 6.45) is 1.89. The predicted molar refractivity (Wildman–Crippen MR) is 59.6 cm³/mol. The van der Waals surface area contributed by atoms with Crippen molar-refractivity contribution in [3.63, 3.8) is 0 Å². The molecule has 2 N–H and O–H groups in total. The minimum Gasteiger partial charge on any atom is -0.464 e. The van der Waals surface area contributed by atoms with E-state index in [9.17, 15) is 9.59 Å². The lowest BCUT2D eigenvalue weighted by Gasteiger charge is -2.32. The number of hydrogen-bond acceptors (Lipinski definition) is 4. The van der Waals surface area contributed by atoms with Crippen LogP contribution >= 0.6 is 0 Å². The summed E-state index contributed by atoms with van der Waals surface area (Å²) in [7, 11) is 0. The van der Waals surface area contributed by atoms with Crippen LogP contribution < -0.4 is 5.73 Å². The van der Waals surface area contributed by atoms with E-state index in [1.807, 2.05) is 13.8 Å². The molecule has 1 fully saturated rings. The molecule has 5 heteroatoms. The Balaban J connectivity index is 2.67. The van der Waals surface area contributed by atoms with Gasteiger partial charge in [-0.15, -0.1) is 0 Å². The summed E-state index contributed by atoms with van der Waals surface area (Å²) < 4.78 is 4.74. The molecular formula is C11H20N2O3. The Labute approximate surface area is 95.9 Å². The van der Waals surface area contributed by atoms with Crippen LogP contribution in [0.15, 0.2) is 0 Å². The van der Waals surface area contributed by atoms with Crippen LogP contribution in [-0.4, -0.2) is 41.5 Å². The fourth-order valence-corrected chi connectivity index (χ4v) is 2.02. The maximum absolute atomic E-state index is 12.0. The molecule has 0 aromatic heterocycles. The van der Waals surface area contributed by atoms with Gasteiger partial charge in [-0.05, 0) is 33.6 Å². The maximum atomic E-state index is 12.0. The number of rotatable bonds is 3. The second-order valence-corrected chi connectivity index (χ2v) is 4.64. The number of likely N-dealkylation sites (tertiary alicyclic amines) is 1. The molecule has 0 aromatic carbocycles. The van der Waals surface area contributed by atoms with E-state index in [4.69, 9.17) is 10.5 Å². The van der Waals surface area contributed by atoms with Crippen LogP contribution in [0.3, 0.4) is 0 Å². The zero-order valence-electron chi connectivity index (χ0n) is 10.2. The molecule has 1 aliphatic rings. The highest BCUT2D eigenvalue weighted by molar-refractivity contribution is 6.02. The normalized spacial score (nSPS) is 20.6. The van der Waals surface area contributed by atoms with Crippen LogP contribution in [0.5, 0.6) is 0 Å². The van der Waals surface area contributed by atoms with E-state index in [2.05, 4.69) is 0 Å². The van der Waals surface area contributed by atoms with Crippen LogP contribution in [0.1, 0.15) is 33.6 Å². The van der Waals surface area contributed by atoms with Crippen molar-refractivity contribution in [2.45, 2.75) is 45.2 Å². The molecule has 92 valence electrons. The van der Waals surface area contributed by atoms with Crippen molar-refractivity contribution < 1.29 is 14.3 Å². The summed E-state index contributed by atoms with van der Waals surface area (Å²) in [6, 6.07) is -1.18. The number of nitrogens with two attached hydrogens (primary N) is 1. The van der Waals surface area contributed by atoms with E-state index in [0.717, 1.165) is 12.8 Å². The van der Waals surface area contributed by atoms with E-state index in [1.165, 1.54) is 0 Å². The molecule has 1 aliphatic heterocycles. The van der Waals surface area contributed by atoms with Crippen molar-refractivity contribution in [1.82, 2.24) is 4.90 Å². The van der Waals surface area contributed by atoms with Gasteiger partial charge in [-0.1, -0.05) is 0 Å². The molecule has 0 radical (unpaired) electrons. The molecule has 0 aliphatic carbocycles. The predicted octanol–water partition coefficient (Wildman–Crippen LogP) is 0.278. The van der Waals surface area contributed by atoms with Crippen LogP contribution in [-0.2, 0) is 14.3 Å². The summed E-state index contributed by atoms with van der Waals surface area (Å²) in [5, 5.41) is 0. The number of esters is 1. The molecule has 0 aromatic rings. The fraction of sp³-hybridized carbons (Fsp3) is 0.818. The largest absolute Gasteiger partial charge is 0.464 e. The third-order valence-corrected chi connectivity index (χ3v) is 2.97. The van der Waals surface area contributed by atoms with Gasteiger partial charge in [-0.2, -0.15) is 0 Å². The van der Waals surface area contributed by atoms with Crippen molar-refractivity contribution in [3.05, 3.63) is 0 Å². The van der Waals surface area contributed by atoms with Crippen LogP contribution in [0.4, 0.5) is 0 Å². The third kappa shape index (κ3) is 2.52. The topological polar surface area (TPSA) is 72.6 Å². The van der Waals surface area contributed by atoms with Gasteiger partial charge in [0.05, 0.1) is 6.61 Å². The molecule has 5 nitrogen and oxygen atoms in total. The van der Waals surface area contributed by atoms with Gasteiger partial charge in [-0.3, -0.25) is 4.79 Å². The van der Waals surface area contributed by atoms with Gasteiger partial charge < -0.3 is 15.4 Å². The summed E-state index contributed by atoms with van der Waals surface area (Å²) in [6.45, 7) is 6.56. The Hall–Kier alpha value is -1.10. The average Bonchev–Trinajstić information content (AvgIpc) is 2.56. The van der Waals surface area contributed by atoms with Crippen molar-refractivity contribution >= 4 is 11.9 Å². The quantitative estimate of drug-likeness (QED) is 0.556. The second-order valence-electron chi connectivity index (χ2n) is 4.64. The Kier molecular flexibility index (Phi) is 3.91. The van der Waals surface area contributed by atoms with Crippen molar-refractivity contribution in [1.29, 1.82) is 0 Å². The fourth-order valence-electron chi connectivity index (χ4n) is 2.02. The van der Waals surface area contributed by atoms with Crippen LogP contribution in [0.25, 0.3) is 0 Å². The molecule has 1 atom stereocenters. The SMILES string of the molecule is CCOC(=O)C(N)C(=O)N1CCCC1(C)C. The highest BCUT2D eigenvalue weighted by Crippen LogP contribution is 2.28. The maximum Gasteiger partial charge on any atom is 0.332 e. The molecule has 1 heterocycles. The van der Waals surface area contributed by atoms with Gasteiger partial charge in [0.15, 0.2) is 6.04 Å². The molecule has 0 saturated carbocycles. The molecule has 1 rings (SSSR count). The minimum absolute atomic E-state index is 0.207. The second kappa shape index (κ2) is 4.82. The lowest BCUT2D eigenvalue weighted by Crippen LogP contribution is -2.53. The monoisotopic (exact) mass is 228 g/mol. The number of amides is 1. The van der Waals surface area contributed by atoms with E-state index < -0.39 is 12.0 Å². The van der Waals surface area contributed by atoms with Crippen LogP contribution in [0.2, 0.25) is 0 Å². The van der Waals surface area contributed by atoms with E-state index in [-0.39, 0.29) is 18.1 Å². The van der Waals surface area contributed by atoms with Gasteiger partial charge >= 0.3 is 5.97 Å². The van der Waals surface area contributed by atoms with Crippen molar-refractivity contribution in [2.24, 2.45) is 5.73 Å². The first-order valence-electron chi connectivity index (χ1n) is 5.64. The molecule has 1 amide bonds. The number of nitrogens with zero attached hydrogens (tertiary/aromatic N) is 1. The lowest BCUT2D eigenvalue weighted by molar-refractivity contribution is -0.152. The summed E-state index contributed by atoms with van der Waals surface area (Å²) in [5.41, 5.74) is 5.37. The van der Waals surface area contributed by atoms with E-state index in [1.54, 1.807) is 11.8 Å². The molecule has 1 unspecified atom stereocenters. The number of carbonyl (C=O) groups is 2. The Bertz CT molecular complexity index is 289. The highest BCUT2D eigenvalue weighted by Gasteiger charge is 2.39. The molecule has 0 spiro atoms. The zero-order chi connectivity index (χ0) is 12.3. The highest BCUT2D eigenvalue weighted by atomic mass is 16.5. The smallest absolute Gasteiger partial charge is 0.332 e. The first-order valence-corrected chi connectivity index (χ1v) is 5.64. The van der Waals surface area contributed by atoms with E-state index in [0.29, 0.717) is 6.54 Å². The van der Waals surface area contributed by atoms with Crippen molar-refractivity contribution in [3.8, 4) is 0 Å². The third-order valence-electron chi connectivity index (χ3n) is 2.97. The van der Waals surface area contributed by atoms with Crippen LogP contribution in [0, 0.1) is 0 Å². The molecule has 16 heavy (non-hydrogen) atoms. The number of carbonyl (C=O) groups excluding carboxylic acids is 2. The zero-order valence-corrected chi connectivity index (χ0v) is 10.2. The molecule has 0 bridgehead atoms. The van der Waals surface area contributed by atoms with E-state index >= 15 is 0 Å². The van der Waals surface area contributed by atoms with Gasteiger partial charge in [0.25, 0.3) is 5.91 Å². The Morgan fingerprint density at radius 1 is 1.50 bits per heavy atom. The Morgan fingerprint density at radius 3 is 2.56 bits per heavy atom. The molecule has 1 saturated heterocycles. The summed E-state index contributed by atoms with van der Waals surface area (Å²) in [5.74, 6) is -0.976. The van der Waals surface area contributed by atoms with Gasteiger partial charge in [-0.25, -0.2) is 4.79 Å². The Morgan fingerprint density at radius 2 is 2.12 bits per heavy atom. The first-order chi connectivity index (χ1) is 7.40. The average molecular weight is 228 g/mol. The van der Waals surface area contributed by atoms with Gasteiger partial charge in [0, 0.05) is 12.1 Å². The summed E-state index contributed by atoms with van der Waals surface area (Å²) in [4.78, 5) is 25.0. The number of hydrogen-bond donors (Lipinski definition) is 1. The van der Waals surface area contributed by atoms with Crippen molar-refractivity contribution in [2.75, 3.05) is 13.2 Å². The minimum atomic E-state index is -1.18.